The van der Waals surface area contributed by atoms with Crippen molar-refractivity contribution in [1.82, 2.24) is 15.4 Å². The number of aryl methyl sites for hydroxylation is 1. The quantitative estimate of drug-likeness (QED) is 0.666. The summed E-state index contributed by atoms with van der Waals surface area (Å²) in [5.41, 5.74) is 0.414. The SMILES string of the molecule is CCC(CC)C(CNC(=O)c1c(-c2c(F)cccc2Cl)noc1C)N1CCOCC1. The molecule has 1 aliphatic heterocycles. The highest BCUT2D eigenvalue weighted by atomic mass is 35.5. The van der Waals surface area contributed by atoms with E-state index in [2.05, 4.69) is 29.2 Å². The number of morpholine rings is 1. The number of carbonyl (C=O) groups excluding carboxylic acids is 1. The van der Waals surface area contributed by atoms with Gasteiger partial charge in [0.15, 0.2) is 0 Å². The fourth-order valence-corrected chi connectivity index (χ4v) is 4.41. The van der Waals surface area contributed by atoms with Crippen LogP contribution in [-0.2, 0) is 4.74 Å². The largest absolute Gasteiger partial charge is 0.379 e. The number of halogens is 2. The Morgan fingerprint density at radius 1 is 1.30 bits per heavy atom. The molecule has 0 saturated carbocycles. The van der Waals surface area contributed by atoms with Crippen molar-refractivity contribution in [2.45, 2.75) is 39.7 Å². The molecule has 1 unspecified atom stereocenters. The molecule has 1 aromatic carbocycles. The summed E-state index contributed by atoms with van der Waals surface area (Å²) in [4.78, 5) is 15.5. The van der Waals surface area contributed by atoms with Crippen molar-refractivity contribution in [2.24, 2.45) is 5.92 Å². The van der Waals surface area contributed by atoms with E-state index in [0.717, 1.165) is 25.9 Å². The van der Waals surface area contributed by atoms with Crippen molar-refractivity contribution < 1.29 is 18.4 Å². The van der Waals surface area contributed by atoms with Gasteiger partial charge in [0.05, 0.1) is 23.8 Å². The zero-order valence-corrected chi connectivity index (χ0v) is 18.5. The van der Waals surface area contributed by atoms with Gasteiger partial charge in [0.1, 0.15) is 22.8 Å². The molecule has 1 aliphatic rings. The molecule has 0 spiro atoms. The third-order valence-electron chi connectivity index (χ3n) is 5.87. The van der Waals surface area contributed by atoms with E-state index in [1.54, 1.807) is 13.0 Å². The molecule has 0 bridgehead atoms. The third-order valence-corrected chi connectivity index (χ3v) is 6.18. The lowest BCUT2D eigenvalue weighted by Crippen LogP contribution is -2.52. The minimum absolute atomic E-state index is 0.0749. The highest BCUT2D eigenvalue weighted by molar-refractivity contribution is 6.33. The van der Waals surface area contributed by atoms with Gasteiger partial charge in [-0.15, -0.1) is 0 Å². The van der Waals surface area contributed by atoms with Crippen LogP contribution >= 0.6 is 11.6 Å². The van der Waals surface area contributed by atoms with Crippen LogP contribution in [0, 0.1) is 18.7 Å². The number of nitrogens with zero attached hydrogens (tertiary/aromatic N) is 2. The topological polar surface area (TPSA) is 67.6 Å². The number of carbonyl (C=O) groups is 1. The molecule has 1 saturated heterocycles. The van der Waals surface area contributed by atoms with Gasteiger partial charge in [-0.3, -0.25) is 9.69 Å². The summed E-state index contributed by atoms with van der Waals surface area (Å²) in [5, 5.41) is 7.14. The Labute approximate surface area is 181 Å². The van der Waals surface area contributed by atoms with Gasteiger partial charge in [-0.25, -0.2) is 4.39 Å². The third kappa shape index (κ3) is 4.85. The number of aromatic nitrogens is 1. The van der Waals surface area contributed by atoms with Crippen molar-refractivity contribution in [3.05, 3.63) is 40.4 Å². The number of hydrogen-bond donors (Lipinski definition) is 1. The molecule has 0 aliphatic carbocycles. The Morgan fingerprint density at radius 2 is 2.00 bits per heavy atom. The van der Waals surface area contributed by atoms with E-state index in [-0.39, 0.29) is 33.8 Å². The maximum Gasteiger partial charge on any atom is 0.257 e. The molecule has 8 heteroatoms. The van der Waals surface area contributed by atoms with Gasteiger partial charge >= 0.3 is 0 Å². The van der Waals surface area contributed by atoms with E-state index in [1.165, 1.54) is 12.1 Å². The summed E-state index contributed by atoms with van der Waals surface area (Å²) in [6.07, 6.45) is 2.05. The summed E-state index contributed by atoms with van der Waals surface area (Å²) in [6, 6.07) is 4.56. The van der Waals surface area contributed by atoms with Gasteiger partial charge in [0.25, 0.3) is 5.91 Å². The Hall–Kier alpha value is -1.96. The van der Waals surface area contributed by atoms with Crippen molar-refractivity contribution in [3.63, 3.8) is 0 Å². The first-order valence-electron chi connectivity index (χ1n) is 10.5. The van der Waals surface area contributed by atoms with E-state index < -0.39 is 5.82 Å². The van der Waals surface area contributed by atoms with Crippen molar-refractivity contribution in [1.29, 1.82) is 0 Å². The molecule has 1 amide bonds. The zero-order chi connectivity index (χ0) is 21.7. The highest BCUT2D eigenvalue weighted by Gasteiger charge is 2.29. The summed E-state index contributed by atoms with van der Waals surface area (Å²) in [7, 11) is 0. The number of hydrogen-bond acceptors (Lipinski definition) is 5. The Bertz CT molecular complexity index is 843. The molecule has 2 heterocycles. The van der Waals surface area contributed by atoms with Crippen molar-refractivity contribution in [2.75, 3.05) is 32.8 Å². The van der Waals surface area contributed by atoms with E-state index >= 15 is 0 Å². The van der Waals surface area contributed by atoms with Gasteiger partial charge in [-0.05, 0) is 25.0 Å². The zero-order valence-electron chi connectivity index (χ0n) is 17.7. The molecule has 6 nitrogen and oxygen atoms in total. The number of rotatable bonds is 8. The minimum Gasteiger partial charge on any atom is -0.379 e. The average molecular weight is 438 g/mol. The Balaban J connectivity index is 1.82. The van der Waals surface area contributed by atoms with E-state index in [1.807, 2.05) is 0 Å². The van der Waals surface area contributed by atoms with Crippen LogP contribution in [0.15, 0.2) is 22.7 Å². The lowest BCUT2D eigenvalue weighted by Gasteiger charge is -2.38. The molecule has 1 aromatic heterocycles. The van der Waals surface area contributed by atoms with Crippen LogP contribution in [-0.4, -0.2) is 54.9 Å². The number of benzene rings is 1. The number of nitrogens with one attached hydrogen (secondary N) is 1. The van der Waals surface area contributed by atoms with E-state index in [0.29, 0.717) is 31.4 Å². The first-order chi connectivity index (χ1) is 14.5. The smallest absolute Gasteiger partial charge is 0.257 e. The summed E-state index contributed by atoms with van der Waals surface area (Å²) < 4.78 is 25.1. The van der Waals surface area contributed by atoms with Crippen molar-refractivity contribution >= 4 is 17.5 Å². The lowest BCUT2D eigenvalue weighted by molar-refractivity contribution is 0.00191. The average Bonchev–Trinajstić information content (AvgIpc) is 3.12. The summed E-state index contributed by atoms with van der Waals surface area (Å²) in [5.74, 6) is -0.111. The van der Waals surface area contributed by atoms with Crippen LogP contribution in [0.5, 0.6) is 0 Å². The van der Waals surface area contributed by atoms with E-state index in [9.17, 15) is 9.18 Å². The molecular formula is C22H29ClFN3O3. The second kappa shape index (κ2) is 10.4. The fraction of sp³-hybridized carbons (Fsp3) is 0.545. The van der Waals surface area contributed by atoms with Gasteiger partial charge in [0, 0.05) is 25.7 Å². The molecule has 1 atom stereocenters. The highest BCUT2D eigenvalue weighted by Crippen LogP contribution is 2.33. The fourth-order valence-electron chi connectivity index (χ4n) is 4.16. The monoisotopic (exact) mass is 437 g/mol. The molecule has 0 radical (unpaired) electrons. The van der Waals surface area contributed by atoms with Gasteiger partial charge in [0.2, 0.25) is 0 Å². The van der Waals surface area contributed by atoms with Crippen LogP contribution in [0.25, 0.3) is 11.3 Å². The second-order valence-electron chi connectivity index (χ2n) is 7.56. The van der Waals surface area contributed by atoms with Gasteiger partial charge in [-0.1, -0.05) is 49.5 Å². The van der Waals surface area contributed by atoms with Gasteiger partial charge < -0.3 is 14.6 Å². The second-order valence-corrected chi connectivity index (χ2v) is 7.97. The summed E-state index contributed by atoms with van der Waals surface area (Å²) in [6.45, 7) is 9.56. The van der Waals surface area contributed by atoms with E-state index in [4.69, 9.17) is 20.9 Å². The maximum absolute atomic E-state index is 14.4. The molecule has 30 heavy (non-hydrogen) atoms. The molecule has 1 N–H and O–H groups in total. The standard InChI is InChI=1S/C22H29ClFN3O3/c1-4-15(5-2)18(27-9-11-29-12-10-27)13-25-22(28)19-14(3)30-26-21(19)20-16(23)7-6-8-17(20)24/h6-8,15,18H,4-5,9-13H2,1-3H3,(H,25,28). The first-order valence-corrected chi connectivity index (χ1v) is 10.9. The number of amides is 1. The molecular weight excluding hydrogens is 409 g/mol. The van der Waals surface area contributed by atoms with Crippen molar-refractivity contribution in [3.8, 4) is 11.3 Å². The normalized spacial score (nSPS) is 16.1. The Morgan fingerprint density at radius 3 is 2.63 bits per heavy atom. The van der Waals surface area contributed by atoms with Crippen LogP contribution in [0.3, 0.4) is 0 Å². The van der Waals surface area contributed by atoms with Crippen LogP contribution < -0.4 is 5.32 Å². The maximum atomic E-state index is 14.4. The summed E-state index contributed by atoms with van der Waals surface area (Å²) >= 11 is 6.19. The molecule has 164 valence electrons. The van der Waals surface area contributed by atoms with Crippen LogP contribution in [0.1, 0.15) is 42.8 Å². The van der Waals surface area contributed by atoms with Gasteiger partial charge in [-0.2, -0.15) is 0 Å². The minimum atomic E-state index is -0.548. The number of ether oxygens (including phenoxy) is 1. The molecule has 1 fully saturated rings. The predicted molar refractivity (Wildman–Crippen MR) is 114 cm³/mol. The lowest BCUT2D eigenvalue weighted by atomic mass is 9.92. The molecule has 2 aromatic rings. The first kappa shape index (κ1) is 22.7. The van der Waals surface area contributed by atoms with Crippen LogP contribution in [0.4, 0.5) is 4.39 Å². The predicted octanol–water partition coefficient (Wildman–Crippen LogP) is 4.31. The Kier molecular flexibility index (Phi) is 7.86. The molecule has 3 rings (SSSR count). The van der Waals surface area contributed by atoms with Crippen LogP contribution in [0.2, 0.25) is 5.02 Å².